The molecule has 0 bridgehead atoms. The normalized spacial score (nSPS) is 20.6. The van der Waals surface area contributed by atoms with E-state index in [2.05, 4.69) is 22.9 Å². The summed E-state index contributed by atoms with van der Waals surface area (Å²) in [5.41, 5.74) is 0. The van der Waals surface area contributed by atoms with Crippen LogP contribution in [0.25, 0.3) is 0 Å². The molecule has 0 saturated carbocycles. The molecule has 2 heterocycles. The van der Waals surface area contributed by atoms with Crippen LogP contribution in [0.5, 0.6) is 0 Å². The minimum absolute atomic E-state index is 0.234. The molecule has 1 aromatic heterocycles. The van der Waals surface area contributed by atoms with Gasteiger partial charge in [-0.2, -0.15) is 5.26 Å². The molecule has 0 aliphatic carbocycles. The second kappa shape index (κ2) is 4.69. The monoisotopic (exact) mass is 219 g/mol. The molecule has 0 unspecified atom stereocenters. The molecule has 4 nitrogen and oxygen atoms in total. The zero-order valence-electron chi connectivity index (χ0n) is 9.81. The second-order valence-electron chi connectivity index (χ2n) is 4.32. The lowest BCUT2D eigenvalue weighted by Crippen LogP contribution is -2.45. The first-order valence-corrected chi connectivity index (χ1v) is 5.59. The number of nitriles is 1. The Labute approximate surface area is 96.1 Å². The average molecular weight is 219 g/mol. The highest BCUT2D eigenvalue weighted by Gasteiger charge is 2.25. The van der Waals surface area contributed by atoms with Gasteiger partial charge in [0.2, 0.25) is 0 Å². The van der Waals surface area contributed by atoms with Crippen LogP contribution in [0.15, 0.2) is 16.5 Å². The minimum Gasteiger partial charge on any atom is -0.464 e. The third kappa shape index (κ3) is 2.26. The van der Waals surface area contributed by atoms with Crippen LogP contribution in [0.4, 0.5) is 0 Å². The third-order valence-corrected chi connectivity index (χ3v) is 3.06. The van der Waals surface area contributed by atoms with Crippen LogP contribution < -0.4 is 0 Å². The molecule has 0 radical (unpaired) electrons. The van der Waals surface area contributed by atoms with E-state index in [1.165, 1.54) is 0 Å². The fourth-order valence-corrected chi connectivity index (χ4v) is 2.01. The van der Waals surface area contributed by atoms with E-state index >= 15 is 0 Å². The van der Waals surface area contributed by atoms with Crippen LogP contribution in [-0.2, 0) is 0 Å². The summed E-state index contributed by atoms with van der Waals surface area (Å²) in [5, 5.41) is 9.24. The Hall–Kier alpha value is -1.31. The number of piperazine rings is 1. The van der Waals surface area contributed by atoms with Gasteiger partial charge in [0.05, 0.1) is 6.07 Å². The van der Waals surface area contributed by atoms with Crippen molar-refractivity contribution in [3.63, 3.8) is 0 Å². The van der Waals surface area contributed by atoms with E-state index in [9.17, 15) is 5.26 Å². The summed E-state index contributed by atoms with van der Waals surface area (Å²) in [7, 11) is 2.11. The summed E-state index contributed by atoms with van der Waals surface area (Å²) in [6.07, 6.45) is 0. The van der Waals surface area contributed by atoms with Gasteiger partial charge in [-0.1, -0.05) is 0 Å². The molecule has 0 N–H and O–H groups in total. The molecule has 86 valence electrons. The zero-order valence-corrected chi connectivity index (χ0v) is 9.81. The van der Waals surface area contributed by atoms with Gasteiger partial charge in [-0.15, -0.1) is 0 Å². The average Bonchev–Trinajstić information content (AvgIpc) is 2.69. The molecule has 1 aromatic rings. The van der Waals surface area contributed by atoms with E-state index in [-0.39, 0.29) is 6.04 Å². The number of rotatable bonds is 2. The van der Waals surface area contributed by atoms with Crippen LogP contribution in [0.2, 0.25) is 0 Å². The van der Waals surface area contributed by atoms with Crippen molar-refractivity contribution in [2.24, 2.45) is 0 Å². The molecule has 2 rings (SSSR count). The Morgan fingerprint density at radius 1 is 1.31 bits per heavy atom. The fourth-order valence-electron chi connectivity index (χ4n) is 2.01. The molecule has 1 atom stereocenters. The van der Waals surface area contributed by atoms with Crippen molar-refractivity contribution in [3.05, 3.63) is 23.7 Å². The third-order valence-electron chi connectivity index (χ3n) is 3.06. The highest BCUT2D eigenvalue weighted by Crippen LogP contribution is 2.23. The smallest absolute Gasteiger partial charge is 0.156 e. The van der Waals surface area contributed by atoms with E-state index in [4.69, 9.17) is 4.42 Å². The van der Waals surface area contributed by atoms with Gasteiger partial charge >= 0.3 is 0 Å². The quantitative estimate of drug-likeness (QED) is 0.754. The van der Waals surface area contributed by atoms with Crippen molar-refractivity contribution in [2.45, 2.75) is 13.0 Å². The van der Waals surface area contributed by atoms with Crippen molar-refractivity contribution in [1.82, 2.24) is 9.80 Å². The number of hydrogen-bond donors (Lipinski definition) is 0. The molecule has 1 saturated heterocycles. The molecule has 1 aliphatic heterocycles. The van der Waals surface area contributed by atoms with E-state index in [1.54, 1.807) is 0 Å². The molecular formula is C12H17N3O. The Kier molecular flexibility index (Phi) is 3.28. The van der Waals surface area contributed by atoms with Crippen molar-refractivity contribution in [3.8, 4) is 6.07 Å². The van der Waals surface area contributed by atoms with Crippen LogP contribution in [-0.4, -0.2) is 43.0 Å². The molecule has 0 amide bonds. The highest BCUT2D eigenvalue weighted by atomic mass is 16.3. The van der Waals surface area contributed by atoms with Crippen LogP contribution in [0.3, 0.4) is 0 Å². The Balaban J connectivity index is 2.09. The van der Waals surface area contributed by atoms with Gasteiger partial charge in [-0.25, -0.2) is 0 Å². The topological polar surface area (TPSA) is 43.4 Å². The summed E-state index contributed by atoms with van der Waals surface area (Å²) < 4.78 is 5.54. The predicted octanol–water partition coefficient (Wildman–Crippen LogP) is 1.40. The molecule has 1 aliphatic rings. The maximum absolute atomic E-state index is 9.24. The molecular weight excluding hydrogens is 202 g/mol. The van der Waals surface area contributed by atoms with Crippen molar-refractivity contribution in [1.29, 1.82) is 5.26 Å². The Morgan fingerprint density at radius 3 is 2.50 bits per heavy atom. The van der Waals surface area contributed by atoms with Gasteiger partial charge in [-0.3, -0.25) is 4.90 Å². The minimum atomic E-state index is -0.234. The molecule has 4 heteroatoms. The first-order valence-electron chi connectivity index (χ1n) is 5.59. The summed E-state index contributed by atoms with van der Waals surface area (Å²) in [6, 6.07) is 5.91. The van der Waals surface area contributed by atoms with Gasteiger partial charge in [0.15, 0.2) is 6.04 Å². The lowest BCUT2D eigenvalue weighted by atomic mass is 10.2. The SMILES string of the molecule is Cc1ccc([C@@H](C#N)N2CCN(C)CC2)o1. The lowest BCUT2D eigenvalue weighted by molar-refractivity contribution is 0.123. The van der Waals surface area contributed by atoms with E-state index in [1.807, 2.05) is 19.1 Å². The van der Waals surface area contributed by atoms with Crippen LogP contribution in [0.1, 0.15) is 17.6 Å². The summed E-state index contributed by atoms with van der Waals surface area (Å²) in [4.78, 5) is 4.45. The number of likely N-dealkylation sites (N-methyl/N-ethyl adjacent to an activating group) is 1. The van der Waals surface area contributed by atoms with Crippen LogP contribution in [0, 0.1) is 18.3 Å². The zero-order chi connectivity index (χ0) is 11.5. The van der Waals surface area contributed by atoms with Gasteiger partial charge in [-0.05, 0) is 26.1 Å². The fraction of sp³-hybridized carbons (Fsp3) is 0.583. The number of nitrogens with zero attached hydrogens (tertiary/aromatic N) is 3. The molecule has 0 aromatic carbocycles. The maximum Gasteiger partial charge on any atom is 0.156 e. The lowest BCUT2D eigenvalue weighted by Gasteiger charge is -2.34. The van der Waals surface area contributed by atoms with Gasteiger partial charge in [0, 0.05) is 26.2 Å². The number of furan rings is 1. The van der Waals surface area contributed by atoms with Gasteiger partial charge in [0.1, 0.15) is 11.5 Å². The summed E-state index contributed by atoms with van der Waals surface area (Å²) in [6.45, 7) is 5.78. The molecule has 16 heavy (non-hydrogen) atoms. The van der Waals surface area contributed by atoms with Crippen molar-refractivity contribution >= 4 is 0 Å². The molecule has 1 fully saturated rings. The Bertz CT molecular complexity index is 385. The number of hydrogen-bond acceptors (Lipinski definition) is 4. The largest absolute Gasteiger partial charge is 0.464 e. The van der Waals surface area contributed by atoms with Crippen LogP contribution >= 0.6 is 0 Å². The summed E-state index contributed by atoms with van der Waals surface area (Å²) >= 11 is 0. The highest BCUT2D eigenvalue weighted by molar-refractivity contribution is 5.16. The maximum atomic E-state index is 9.24. The molecule has 0 spiro atoms. The van der Waals surface area contributed by atoms with Gasteiger partial charge in [0.25, 0.3) is 0 Å². The Morgan fingerprint density at radius 2 is 2.00 bits per heavy atom. The van der Waals surface area contributed by atoms with E-state index < -0.39 is 0 Å². The van der Waals surface area contributed by atoms with Crippen molar-refractivity contribution < 1.29 is 4.42 Å². The first-order chi connectivity index (χ1) is 7.70. The second-order valence-corrected chi connectivity index (χ2v) is 4.32. The van der Waals surface area contributed by atoms with Crippen molar-refractivity contribution in [2.75, 3.05) is 33.2 Å². The standard InChI is InChI=1S/C12H17N3O/c1-10-3-4-12(16-10)11(9-13)15-7-5-14(2)6-8-15/h3-4,11H,5-8H2,1-2H3/t11-/m1/s1. The number of aryl methyl sites for hydroxylation is 1. The first kappa shape index (κ1) is 11.2. The van der Waals surface area contributed by atoms with E-state index in [0.717, 1.165) is 37.7 Å². The summed E-state index contributed by atoms with van der Waals surface area (Å²) in [5.74, 6) is 1.63. The van der Waals surface area contributed by atoms with E-state index in [0.29, 0.717) is 0 Å². The van der Waals surface area contributed by atoms with Gasteiger partial charge < -0.3 is 9.32 Å². The predicted molar refractivity (Wildman–Crippen MR) is 60.9 cm³/mol.